The standard InChI is InChI=1S/C17H20ClN3O3/c1-20-11-19-15-8-21(13(9-23-2)7-16(15)20)17(22)10-24-14-5-3-4-12(18)6-14/h3-6,11,13H,7-10H2,1-2H3. The maximum absolute atomic E-state index is 12.6. The number of hydrogen-bond acceptors (Lipinski definition) is 4. The number of carbonyl (C=O) groups excluding carboxylic acids is 1. The molecule has 1 unspecified atom stereocenters. The third-order valence-electron chi connectivity index (χ3n) is 4.17. The molecule has 0 saturated carbocycles. The lowest BCUT2D eigenvalue weighted by molar-refractivity contribution is -0.138. The number of halogens is 1. The van der Waals surface area contributed by atoms with Gasteiger partial charge in [0.15, 0.2) is 6.61 Å². The number of aryl methyl sites for hydroxylation is 1. The molecule has 0 saturated heterocycles. The molecule has 128 valence electrons. The van der Waals surface area contributed by atoms with E-state index >= 15 is 0 Å². The topological polar surface area (TPSA) is 56.6 Å². The van der Waals surface area contributed by atoms with Crippen molar-refractivity contribution in [2.45, 2.75) is 19.0 Å². The maximum atomic E-state index is 12.6. The summed E-state index contributed by atoms with van der Waals surface area (Å²) < 4.78 is 12.9. The van der Waals surface area contributed by atoms with Gasteiger partial charge in [-0.2, -0.15) is 0 Å². The van der Waals surface area contributed by atoms with Gasteiger partial charge in [-0.05, 0) is 18.2 Å². The number of carbonyl (C=O) groups is 1. The van der Waals surface area contributed by atoms with E-state index in [9.17, 15) is 4.79 Å². The molecule has 6 nitrogen and oxygen atoms in total. The summed E-state index contributed by atoms with van der Waals surface area (Å²) in [5.74, 6) is 0.489. The summed E-state index contributed by atoms with van der Waals surface area (Å²) >= 11 is 5.93. The fourth-order valence-corrected chi connectivity index (χ4v) is 3.12. The van der Waals surface area contributed by atoms with E-state index in [0.717, 1.165) is 17.8 Å². The molecule has 0 N–H and O–H groups in total. The average molecular weight is 350 g/mol. The second kappa shape index (κ2) is 7.23. The van der Waals surface area contributed by atoms with Crippen molar-refractivity contribution < 1.29 is 14.3 Å². The van der Waals surface area contributed by atoms with E-state index in [2.05, 4.69) is 4.98 Å². The summed E-state index contributed by atoms with van der Waals surface area (Å²) in [6.07, 6.45) is 2.51. The lowest BCUT2D eigenvalue weighted by Crippen LogP contribution is -2.48. The lowest BCUT2D eigenvalue weighted by Gasteiger charge is -2.35. The summed E-state index contributed by atoms with van der Waals surface area (Å²) in [6, 6.07) is 7.00. The molecule has 2 aromatic rings. The van der Waals surface area contributed by atoms with E-state index < -0.39 is 0 Å². The number of fused-ring (bicyclic) bond motifs is 1. The van der Waals surface area contributed by atoms with E-state index in [-0.39, 0.29) is 18.6 Å². The minimum atomic E-state index is -0.0895. The number of rotatable bonds is 5. The van der Waals surface area contributed by atoms with Crippen molar-refractivity contribution in [3.63, 3.8) is 0 Å². The summed E-state index contributed by atoms with van der Waals surface area (Å²) in [5, 5.41) is 0.577. The van der Waals surface area contributed by atoms with Crippen LogP contribution in [0, 0.1) is 0 Å². The summed E-state index contributed by atoms with van der Waals surface area (Å²) in [7, 11) is 3.61. The van der Waals surface area contributed by atoms with Gasteiger partial charge in [0.05, 0.1) is 31.2 Å². The first-order valence-corrected chi connectivity index (χ1v) is 8.12. The SMILES string of the molecule is COCC1Cc2c(ncn2C)CN1C(=O)COc1cccc(Cl)c1. The quantitative estimate of drug-likeness (QED) is 0.829. The first-order chi connectivity index (χ1) is 11.6. The number of aromatic nitrogens is 2. The minimum absolute atomic E-state index is 0.0200. The number of hydrogen-bond donors (Lipinski definition) is 0. The van der Waals surface area contributed by atoms with Crippen LogP contribution >= 0.6 is 11.6 Å². The van der Waals surface area contributed by atoms with Gasteiger partial charge in [-0.25, -0.2) is 4.98 Å². The molecule has 0 aliphatic carbocycles. The van der Waals surface area contributed by atoms with Gasteiger partial charge in [0.25, 0.3) is 5.91 Å². The molecule has 7 heteroatoms. The molecule has 1 atom stereocenters. The second-order valence-corrected chi connectivity index (χ2v) is 6.27. The Hall–Kier alpha value is -2.05. The summed E-state index contributed by atoms with van der Waals surface area (Å²) in [6.45, 7) is 0.915. The van der Waals surface area contributed by atoms with Crippen LogP contribution in [0.5, 0.6) is 5.75 Å². The van der Waals surface area contributed by atoms with Crippen molar-refractivity contribution in [3.05, 3.63) is 47.0 Å². The van der Waals surface area contributed by atoms with E-state index in [4.69, 9.17) is 21.1 Å². The number of methoxy groups -OCH3 is 1. The number of benzene rings is 1. The molecule has 1 aliphatic rings. The summed E-state index contributed by atoms with van der Waals surface area (Å²) in [5.41, 5.74) is 2.08. The molecule has 0 fully saturated rings. The fourth-order valence-electron chi connectivity index (χ4n) is 2.94. The summed E-state index contributed by atoms with van der Waals surface area (Å²) in [4.78, 5) is 18.8. The maximum Gasteiger partial charge on any atom is 0.261 e. The number of imidazole rings is 1. The predicted octanol–water partition coefficient (Wildman–Crippen LogP) is 2.05. The Bertz CT molecular complexity index is 732. The molecule has 0 bridgehead atoms. The van der Waals surface area contributed by atoms with Gasteiger partial charge in [-0.3, -0.25) is 4.79 Å². The van der Waals surface area contributed by atoms with Crippen LogP contribution in [0.15, 0.2) is 30.6 Å². The highest BCUT2D eigenvalue weighted by Crippen LogP contribution is 2.23. The smallest absolute Gasteiger partial charge is 0.261 e. The highest BCUT2D eigenvalue weighted by Gasteiger charge is 2.32. The van der Waals surface area contributed by atoms with Crippen LogP contribution in [-0.2, 0) is 29.5 Å². The van der Waals surface area contributed by atoms with E-state index in [1.807, 2.05) is 11.6 Å². The molecule has 24 heavy (non-hydrogen) atoms. The fraction of sp³-hybridized carbons (Fsp3) is 0.412. The van der Waals surface area contributed by atoms with Crippen LogP contribution in [0.25, 0.3) is 0 Å². The van der Waals surface area contributed by atoms with E-state index in [0.29, 0.717) is 23.9 Å². The molecular weight excluding hydrogens is 330 g/mol. The van der Waals surface area contributed by atoms with Gasteiger partial charge in [-0.1, -0.05) is 17.7 Å². The zero-order valence-corrected chi connectivity index (χ0v) is 14.5. The van der Waals surface area contributed by atoms with Gasteiger partial charge >= 0.3 is 0 Å². The van der Waals surface area contributed by atoms with Crippen molar-refractivity contribution in [1.29, 1.82) is 0 Å². The molecule has 1 aromatic heterocycles. The average Bonchev–Trinajstić information content (AvgIpc) is 2.93. The van der Waals surface area contributed by atoms with Gasteiger partial charge < -0.3 is 18.9 Å². The Kier molecular flexibility index (Phi) is 5.06. The molecular formula is C17H20ClN3O3. The molecule has 1 aromatic carbocycles. The molecule has 1 amide bonds. The van der Waals surface area contributed by atoms with Gasteiger partial charge in [-0.15, -0.1) is 0 Å². The monoisotopic (exact) mass is 349 g/mol. The molecule has 0 spiro atoms. The molecule has 2 heterocycles. The van der Waals surface area contributed by atoms with Crippen LogP contribution in [0.1, 0.15) is 11.4 Å². The molecule has 3 rings (SSSR count). The number of ether oxygens (including phenoxy) is 2. The zero-order chi connectivity index (χ0) is 17.1. The van der Waals surface area contributed by atoms with Crippen LogP contribution < -0.4 is 4.74 Å². The zero-order valence-electron chi connectivity index (χ0n) is 13.7. The Labute approximate surface area is 145 Å². The van der Waals surface area contributed by atoms with E-state index in [1.54, 1.807) is 42.6 Å². The normalized spacial score (nSPS) is 16.8. The van der Waals surface area contributed by atoms with Crippen molar-refractivity contribution in [3.8, 4) is 5.75 Å². The van der Waals surface area contributed by atoms with Crippen LogP contribution in [0.4, 0.5) is 0 Å². The highest BCUT2D eigenvalue weighted by molar-refractivity contribution is 6.30. The van der Waals surface area contributed by atoms with Gasteiger partial charge in [0, 0.05) is 31.3 Å². The van der Waals surface area contributed by atoms with Gasteiger partial charge in [0.2, 0.25) is 0 Å². The van der Waals surface area contributed by atoms with E-state index in [1.165, 1.54) is 0 Å². The predicted molar refractivity (Wildman–Crippen MR) is 90.1 cm³/mol. The lowest BCUT2D eigenvalue weighted by atomic mass is 10.0. The van der Waals surface area contributed by atoms with Crippen molar-refractivity contribution in [2.75, 3.05) is 20.3 Å². The Morgan fingerprint density at radius 2 is 2.29 bits per heavy atom. The minimum Gasteiger partial charge on any atom is -0.484 e. The highest BCUT2D eigenvalue weighted by atomic mass is 35.5. The Balaban J connectivity index is 1.70. The first-order valence-electron chi connectivity index (χ1n) is 7.74. The van der Waals surface area contributed by atoms with Gasteiger partial charge in [0.1, 0.15) is 5.75 Å². The second-order valence-electron chi connectivity index (χ2n) is 5.83. The number of nitrogens with zero attached hydrogens (tertiary/aromatic N) is 3. The molecule has 1 aliphatic heterocycles. The van der Waals surface area contributed by atoms with Crippen molar-refractivity contribution in [2.24, 2.45) is 7.05 Å². The van der Waals surface area contributed by atoms with Crippen molar-refractivity contribution in [1.82, 2.24) is 14.5 Å². The number of amides is 1. The first kappa shape index (κ1) is 16.8. The van der Waals surface area contributed by atoms with Crippen LogP contribution in [-0.4, -0.2) is 46.7 Å². The largest absolute Gasteiger partial charge is 0.484 e. The molecule has 0 radical (unpaired) electrons. The Morgan fingerprint density at radius 1 is 1.46 bits per heavy atom. The van der Waals surface area contributed by atoms with Crippen molar-refractivity contribution >= 4 is 17.5 Å². The third-order valence-corrected chi connectivity index (χ3v) is 4.41. The Morgan fingerprint density at radius 3 is 3.04 bits per heavy atom. The van der Waals surface area contributed by atoms with Crippen LogP contribution in [0.3, 0.4) is 0 Å². The van der Waals surface area contributed by atoms with Crippen LogP contribution in [0.2, 0.25) is 5.02 Å². The third kappa shape index (κ3) is 3.55.